The van der Waals surface area contributed by atoms with Gasteiger partial charge in [0.1, 0.15) is 5.82 Å². The van der Waals surface area contributed by atoms with Crippen LogP contribution in [-0.2, 0) is 23.1 Å². The summed E-state index contributed by atoms with van der Waals surface area (Å²) in [5.74, 6) is 1.08. The minimum atomic E-state index is -0.363. The molecule has 0 aliphatic carbocycles. The number of morpholine rings is 1. The highest BCUT2D eigenvalue weighted by atomic mass is 16.5. The third-order valence-electron chi connectivity index (χ3n) is 4.01. The van der Waals surface area contributed by atoms with Gasteiger partial charge < -0.3 is 20.7 Å². The van der Waals surface area contributed by atoms with Crippen molar-refractivity contribution in [2.75, 3.05) is 31.2 Å². The fourth-order valence-electron chi connectivity index (χ4n) is 2.74. The largest absolute Gasteiger partial charge is 0.378 e. The Morgan fingerprint density at radius 1 is 1.36 bits per heavy atom. The molecule has 0 aromatic carbocycles. The predicted octanol–water partition coefficient (Wildman–Crippen LogP) is 0.344. The van der Waals surface area contributed by atoms with Crippen LogP contribution in [0.25, 0.3) is 0 Å². The number of anilines is 1. The van der Waals surface area contributed by atoms with Gasteiger partial charge in [-0.1, -0.05) is 13.8 Å². The van der Waals surface area contributed by atoms with Gasteiger partial charge >= 0.3 is 0 Å². The lowest BCUT2D eigenvalue weighted by molar-refractivity contribution is -0.119. The van der Waals surface area contributed by atoms with E-state index >= 15 is 0 Å². The number of carbonyl (C=O) groups excluding carboxylic acids is 1. The normalized spacial score (nSPS) is 17.0. The summed E-state index contributed by atoms with van der Waals surface area (Å²) in [6.07, 6.45) is 0. The lowest BCUT2D eigenvalue weighted by atomic mass is 10.0. The van der Waals surface area contributed by atoms with Crippen molar-refractivity contribution in [1.82, 2.24) is 15.1 Å². The molecule has 1 aliphatic rings. The van der Waals surface area contributed by atoms with E-state index in [4.69, 9.17) is 10.5 Å². The Morgan fingerprint density at radius 2 is 2.00 bits per heavy atom. The van der Waals surface area contributed by atoms with Crippen molar-refractivity contribution in [2.45, 2.75) is 39.3 Å². The minimum absolute atomic E-state index is 0.321. The van der Waals surface area contributed by atoms with E-state index in [0.29, 0.717) is 12.5 Å². The van der Waals surface area contributed by atoms with Crippen molar-refractivity contribution in [1.29, 1.82) is 0 Å². The number of rotatable bonds is 6. The quantitative estimate of drug-likeness (QED) is 0.792. The Morgan fingerprint density at radius 3 is 2.55 bits per heavy atom. The number of hydrogen-bond donors (Lipinski definition) is 2. The third kappa shape index (κ3) is 3.59. The van der Waals surface area contributed by atoms with Gasteiger partial charge in [-0.25, -0.2) is 0 Å². The van der Waals surface area contributed by atoms with Crippen LogP contribution in [0.1, 0.15) is 37.9 Å². The molecule has 0 bridgehead atoms. The fourth-order valence-corrected chi connectivity index (χ4v) is 2.74. The zero-order valence-electron chi connectivity index (χ0n) is 13.9. The number of primary amides is 1. The first-order valence-corrected chi connectivity index (χ1v) is 7.83. The van der Waals surface area contributed by atoms with E-state index < -0.39 is 0 Å². The third-order valence-corrected chi connectivity index (χ3v) is 4.01. The molecule has 124 valence electrons. The summed E-state index contributed by atoms with van der Waals surface area (Å²) in [6, 6.07) is -0.363. The lowest BCUT2D eigenvalue weighted by Gasteiger charge is -2.30. The smallest absolute Gasteiger partial charge is 0.234 e. The molecule has 7 heteroatoms. The molecule has 0 unspecified atom stereocenters. The highest BCUT2D eigenvalue weighted by Crippen LogP contribution is 2.29. The van der Waals surface area contributed by atoms with Gasteiger partial charge in [0.25, 0.3) is 0 Å². The summed E-state index contributed by atoms with van der Waals surface area (Å²) in [5.41, 5.74) is 7.54. The standard InChI is InChI=1S/C15H27N5O2/c1-10(2)13-12(9-17-11(3)14(16)21)15(19(4)18-13)20-5-7-22-8-6-20/h10-11,17H,5-9H2,1-4H3,(H2,16,21)/t11-/m1/s1. The van der Waals surface area contributed by atoms with Crippen molar-refractivity contribution in [3.63, 3.8) is 0 Å². The van der Waals surface area contributed by atoms with Crippen LogP contribution in [0.2, 0.25) is 0 Å². The summed E-state index contributed by atoms with van der Waals surface area (Å²) >= 11 is 0. The maximum absolute atomic E-state index is 11.2. The van der Waals surface area contributed by atoms with E-state index in [1.165, 1.54) is 0 Å². The van der Waals surface area contributed by atoms with Gasteiger partial charge in [0.15, 0.2) is 0 Å². The first-order valence-electron chi connectivity index (χ1n) is 7.83. The van der Waals surface area contributed by atoms with Crippen LogP contribution in [0, 0.1) is 0 Å². The molecule has 1 aliphatic heterocycles. The molecular formula is C15H27N5O2. The molecular weight excluding hydrogens is 282 g/mol. The molecule has 1 saturated heterocycles. The molecule has 0 spiro atoms. The molecule has 0 saturated carbocycles. The molecule has 7 nitrogen and oxygen atoms in total. The van der Waals surface area contributed by atoms with Crippen molar-refractivity contribution in [3.8, 4) is 0 Å². The number of carbonyl (C=O) groups is 1. The van der Waals surface area contributed by atoms with E-state index in [9.17, 15) is 4.79 Å². The first-order chi connectivity index (χ1) is 10.4. The highest BCUT2D eigenvalue weighted by Gasteiger charge is 2.24. The number of amides is 1. The number of nitrogens with one attached hydrogen (secondary N) is 1. The van der Waals surface area contributed by atoms with Crippen LogP contribution in [0.15, 0.2) is 0 Å². The van der Waals surface area contributed by atoms with E-state index in [1.807, 2.05) is 11.7 Å². The number of nitrogens with zero attached hydrogens (tertiary/aromatic N) is 3. The topological polar surface area (TPSA) is 85.4 Å². The van der Waals surface area contributed by atoms with Gasteiger partial charge in [-0.2, -0.15) is 5.10 Å². The number of hydrogen-bond acceptors (Lipinski definition) is 5. The Kier molecular flexibility index (Phi) is 5.42. The highest BCUT2D eigenvalue weighted by molar-refractivity contribution is 5.79. The number of nitrogens with two attached hydrogens (primary N) is 1. The second kappa shape index (κ2) is 7.11. The monoisotopic (exact) mass is 309 g/mol. The van der Waals surface area contributed by atoms with Crippen molar-refractivity contribution in [2.24, 2.45) is 12.8 Å². The number of aryl methyl sites for hydroxylation is 1. The molecule has 1 fully saturated rings. The molecule has 2 rings (SSSR count). The average molecular weight is 309 g/mol. The van der Waals surface area contributed by atoms with Crippen LogP contribution >= 0.6 is 0 Å². The first kappa shape index (κ1) is 16.8. The Labute approximate surface area is 131 Å². The molecule has 1 atom stereocenters. The minimum Gasteiger partial charge on any atom is -0.378 e. The Balaban J connectivity index is 2.28. The summed E-state index contributed by atoms with van der Waals surface area (Å²) < 4.78 is 7.37. The van der Waals surface area contributed by atoms with E-state index in [2.05, 4.69) is 29.2 Å². The maximum Gasteiger partial charge on any atom is 0.234 e. The van der Waals surface area contributed by atoms with E-state index in [1.54, 1.807) is 6.92 Å². The van der Waals surface area contributed by atoms with Gasteiger partial charge in [-0.15, -0.1) is 0 Å². The van der Waals surface area contributed by atoms with E-state index in [-0.39, 0.29) is 11.9 Å². The molecule has 1 aromatic rings. The number of ether oxygens (including phenoxy) is 1. The zero-order valence-corrected chi connectivity index (χ0v) is 13.9. The van der Waals surface area contributed by atoms with Crippen molar-refractivity contribution >= 4 is 11.7 Å². The van der Waals surface area contributed by atoms with Gasteiger partial charge in [0.05, 0.1) is 24.9 Å². The Bertz CT molecular complexity index is 520. The average Bonchev–Trinajstić information content (AvgIpc) is 2.82. The molecule has 22 heavy (non-hydrogen) atoms. The number of aromatic nitrogens is 2. The summed E-state index contributed by atoms with van der Waals surface area (Å²) in [4.78, 5) is 13.5. The van der Waals surface area contributed by atoms with Crippen LogP contribution in [-0.4, -0.2) is 48.0 Å². The van der Waals surface area contributed by atoms with Crippen LogP contribution in [0.5, 0.6) is 0 Å². The van der Waals surface area contributed by atoms with E-state index in [0.717, 1.165) is 43.4 Å². The summed E-state index contributed by atoms with van der Waals surface area (Å²) in [5, 5.41) is 7.89. The molecule has 3 N–H and O–H groups in total. The summed E-state index contributed by atoms with van der Waals surface area (Å²) in [7, 11) is 1.97. The Hall–Kier alpha value is -1.60. The zero-order chi connectivity index (χ0) is 16.3. The predicted molar refractivity (Wildman–Crippen MR) is 85.8 cm³/mol. The van der Waals surface area contributed by atoms with Gasteiger partial charge in [-0.3, -0.25) is 9.48 Å². The van der Waals surface area contributed by atoms with Crippen LogP contribution in [0.3, 0.4) is 0 Å². The molecule has 2 heterocycles. The molecule has 1 aromatic heterocycles. The van der Waals surface area contributed by atoms with Crippen LogP contribution in [0.4, 0.5) is 5.82 Å². The fraction of sp³-hybridized carbons (Fsp3) is 0.733. The lowest BCUT2D eigenvalue weighted by Crippen LogP contribution is -2.40. The van der Waals surface area contributed by atoms with Gasteiger partial charge in [0, 0.05) is 32.2 Å². The van der Waals surface area contributed by atoms with Crippen LogP contribution < -0.4 is 16.0 Å². The maximum atomic E-state index is 11.2. The van der Waals surface area contributed by atoms with Gasteiger partial charge in [-0.05, 0) is 12.8 Å². The summed E-state index contributed by atoms with van der Waals surface area (Å²) in [6.45, 7) is 9.80. The van der Waals surface area contributed by atoms with Crippen molar-refractivity contribution < 1.29 is 9.53 Å². The second-order valence-corrected chi connectivity index (χ2v) is 6.07. The SMILES string of the molecule is CC(C)c1nn(C)c(N2CCOCC2)c1CN[C@H](C)C(N)=O. The van der Waals surface area contributed by atoms with Gasteiger partial charge in [0.2, 0.25) is 5.91 Å². The molecule has 0 radical (unpaired) electrons. The van der Waals surface area contributed by atoms with Crippen molar-refractivity contribution in [3.05, 3.63) is 11.3 Å². The second-order valence-electron chi connectivity index (χ2n) is 6.07. The molecule has 1 amide bonds.